The molecule has 0 saturated carbocycles. The minimum atomic E-state index is -0.257. The Morgan fingerprint density at radius 2 is 2.00 bits per heavy atom. The summed E-state index contributed by atoms with van der Waals surface area (Å²) in [5, 5.41) is 2.87. The molecule has 1 aromatic rings. The summed E-state index contributed by atoms with van der Waals surface area (Å²) in [4.78, 5) is 25.3. The molecular formula is C13H20N2O2. The van der Waals surface area contributed by atoms with Gasteiger partial charge in [-0.25, -0.2) is 0 Å². The van der Waals surface area contributed by atoms with Crippen molar-refractivity contribution in [2.45, 2.75) is 39.7 Å². The Kier molecular flexibility index (Phi) is 4.94. The molecule has 0 aliphatic heterocycles. The lowest BCUT2D eigenvalue weighted by Gasteiger charge is -2.14. The fourth-order valence-corrected chi connectivity index (χ4v) is 1.54. The summed E-state index contributed by atoms with van der Waals surface area (Å²) in [7, 11) is 0. The maximum Gasteiger partial charge on any atom is 0.268 e. The molecule has 1 unspecified atom stereocenters. The average Bonchev–Trinajstić information content (AvgIpc) is 2.26. The monoisotopic (exact) mass is 236 g/mol. The van der Waals surface area contributed by atoms with E-state index in [1.54, 1.807) is 12.1 Å². The highest BCUT2D eigenvalue weighted by Gasteiger charge is 2.10. The molecule has 1 atom stereocenters. The Morgan fingerprint density at radius 3 is 2.59 bits per heavy atom. The summed E-state index contributed by atoms with van der Waals surface area (Å²) in [6.07, 6.45) is 2.02. The lowest BCUT2D eigenvalue weighted by molar-refractivity contribution is 0.0932. The fourth-order valence-electron chi connectivity index (χ4n) is 1.54. The van der Waals surface area contributed by atoms with Gasteiger partial charge in [0.25, 0.3) is 5.91 Å². The van der Waals surface area contributed by atoms with E-state index in [0.717, 1.165) is 12.8 Å². The molecule has 0 aliphatic carbocycles. The highest BCUT2D eigenvalue weighted by atomic mass is 16.2. The van der Waals surface area contributed by atoms with Crippen LogP contribution >= 0.6 is 0 Å². The van der Waals surface area contributed by atoms with Crippen LogP contribution < -0.4 is 10.9 Å². The van der Waals surface area contributed by atoms with Gasteiger partial charge in [-0.05, 0) is 31.7 Å². The number of carbonyl (C=O) groups is 1. The van der Waals surface area contributed by atoms with Crippen LogP contribution in [-0.4, -0.2) is 16.9 Å². The molecule has 0 fully saturated rings. The van der Waals surface area contributed by atoms with Crippen molar-refractivity contribution in [3.05, 3.63) is 34.2 Å². The molecule has 1 heterocycles. The van der Waals surface area contributed by atoms with E-state index in [0.29, 0.717) is 11.6 Å². The van der Waals surface area contributed by atoms with Gasteiger partial charge < -0.3 is 10.3 Å². The maximum atomic E-state index is 11.8. The second-order valence-corrected chi connectivity index (χ2v) is 4.77. The highest BCUT2D eigenvalue weighted by molar-refractivity contribution is 5.92. The molecule has 0 radical (unpaired) electrons. The maximum absolute atomic E-state index is 11.8. The van der Waals surface area contributed by atoms with Crippen LogP contribution in [-0.2, 0) is 0 Å². The molecule has 0 bridgehead atoms. The van der Waals surface area contributed by atoms with Crippen molar-refractivity contribution in [2.24, 2.45) is 5.92 Å². The van der Waals surface area contributed by atoms with E-state index in [1.165, 1.54) is 6.07 Å². The third-order valence-electron chi connectivity index (χ3n) is 2.57. The van der Waals surface area contributed by atoms with Crippen LogP contribution in [0, 0.1) is 5.92 Å². The zero-order valence-corrected chi connectivity index (χ0v) is 10.6. The normalized spacial score (nSPS) is 12.5. The van der Waals surface area contributed by atoms with Crippen molar-refractivity contribution >= 4 is 5.91 Å². The first-order valence-electron chi connectivity index (χ1n) is 5.99. The molecule has 17 heavy (non-hydrogen) atoms. The van der Waals surface area contributed by atoms with Gasteiger partial charge in [0.05, 0.1) is 0 Å². The number of aromatic amines is 1. The van der Waals surface area contributed by atoms with Crippen LogP contribution in [0.25, 0.3) is 0 Å². The number of amides is 1. The molecule has 0 aromatic carbocycles. The Balaban J connectivity index is 2.52. The van der Waals surface area contributed by atoms with E-state index in [2.05, 4.69) is 24.1 Å². The molecule has 2 N–H and O–H groups in total. The van der Waals surface area contributed by atoms with Crippen molar-refractivity contribution in [3.8, 4) is 0 Å². The summed E-state index contributed by atoms with van der Waals surface area (Å²) in [5.74, 6) is 0.407. The van der Waals surface area contributed by atoms with E-state index >= 15 is 0 Å². The molecule has 94 valence electrons. The van der Waals surface area contributed by atoms with Gasteiger partial charge in [0.1, 0.15) is 5.69 Å². The van der Waals surface area contributed by atoms with Crippen molar-refractivity contribution in [1.82, 2.24) is 10.3 Å². The second kappa shape index (κ2) is 6.23. The van der Waals surface area contributed by atoms with Crippen LogP contribution in [0.5, 0.6) is 0 Å². The zero-order valence-electron chi connectivity index (χ0n) is 10.6. The number of hydrogen-bond donors (Lipinski definition) is 2. The number of aromatic nitrogens is 1. The molecule has 1 aromatic heterocycles. The molecule has 4 nitrogen and oxygen atoms in total. The summed E-state index contributed by atoms with van der Waals surface area (Å²) in [5.41, 5.74) is 0.0568. The molecule has 1 rings (SSSR count). The zero-order chi connectivity index (χ0) is 12.8. The minimum Gasteiger partial charge on any atom is -0.348 e. The lowest BCUT2D eigenvalue weighted by atomic mass is 10.0. The fraction of sp³-hybridized carbons (Fsp3) is 0.538. The van der Waals surface area contributed by atoms with Crippen LogP contribution in [0.3, 0.4) is 0 Å². The van der Waals surface area contributed by atoms with Gasteiger partial charge in [-0.15, -0.1) is 0 Å². The Labute approximate surface area is 101 Å². The first kappa shape index (κ1) is 13.5. The third kappa shape index (κ3) is 4.85. The first-order valence-corrected chi connectivity index (χ1v) is 5.99. The van der Waals surface area contributed by atoms with Crippen molar-refractivity contribution in [1.29, 1.82) is 0 Å². The molecule has 0 aliphatic rings. The third-order valence-corrected chi connectivity index (χ3v) is 2.57. The summed E-state index contributed by atoms with van der Waals surface area (Å²) in [6, 6.07) is 4.69. The van der Waals surface area contributed by atoms with Crippen LogP contribution in [0.15, 0.2) is 23.0 Å². The van der Waals surface area contributed by atoms with Gasteiger partial charge in [-0.3, -0.25) is 9.59 Å². The van der Waals surface area contributed by atoms with E-state index in [1.807, 2.05) is 6.92 Å². The molecule has 0 spiro atoms. The van der Waals surface area contributed by atoms with Gasteiger partial charge in [0.2, 0.25) is 5.56 Å². The molecule has 0 saturated heterocycles. The Morgan fingerprint density at radius 1 is 1.29 bits per heavy atom. The minimum absolute atomic E-state index is 0.119. The predicted octanol–water partition coefficient (Wildman–Crippen LogP) is 1.93. The number of hydrogen-bond acceptors (Lipinski definition) is 2. The number of rotatable bonds is 5. The lowest BCUT2D eigenvalue weighted by Crippen LogP contribution is -2.34. The number of carbonyl (C=O) groups excluding carboxylic acids is 1. The second-order valence-electron chi connectivity index (χ2n) is 4.77. The molecule has 1 amide bonds. The topological polar surface area (TPSA) is 62.0 Å². The smallest absolute Gasteiger partial charge is 0.268 e. The predicted molar refractivity (Wildman–Crippen MR) is 68.1 cm³/mol. The van der Waals surface area contributed by atoms with Crippen LogP contribution in [0.1, 0.15) is 44.1 Å². The van der Waals surface area contributed by atoms with E-state index in [9.17, 15) is 9.59 Å². The Bertz CT molecular complexity index is 423. The Hall–Kier alpha value is -1.58. The molecular weight excluding hydrogens is 216 g/mol. The van der Waals surface area contributed by atoms with Crippen LogP contribution in [0.2, 0.25) is 0 Å². The standard InChI is InChI=1S/C13H20N2O2/c1-9(2)7-8-10(3)14-13(17)11-5-4-6-12(16)15-11/h4-6,9-10H,7-8H2,1-3H3,(H,14,17)(H,15,16). The largest absolute Gasteiger partial charge is 0.348 e. The van der Waals surface area contributed by atoms with Gasteiger partial charge >= 0.3 is 0 Å². The van der Waals surface area contributed by atoms with Crippen molar-refractivity contribution in [3.63, 3.8) is 0 Å². The van der Waals surface area contributed by atoms with Crippen molar-refractivity contribution < 1.29 is 4.79 Å². The van der Waals surface area contributed by atoms with E-state index in [4.69, 9.17) is 0 Å². The van der Waals surface area contributed by atoms with E-state index in [-0.39, 0.29) is 17.5 Å². The van der Waals surface area contributed by atoms with E-state index < -0.39 is 0 Å². The average molecular weight is 236 g/mol. The SMILES string of the molecule is CC(C)CCC(C)NC(=O)c1cccc(=O)[nH]1. The summed E-state index contributed by atoms with van der Waals surface area (Å²) in [6.45, 7) is 6.29. The first-order chi connectivity index (χ1) is 7.99. The van der Waals surface area contributed by atoms with Gasteiger partial charge in [-0.1, -0.05) is 19.9 Å². The van der Waals surface area contributed by atoms with Crippen LogP contribution in [0.4, 0.5) is 0 Å². The number of nitrogens with one attached hydrogen (secondary N) is 2. The quantitative estimate of drug-likeness (QED) is 0.820. The summed E-state index contributed by atoms with van der Waals surface area (Å²) >= 11 is 0. The molecule has 4 heteroatoms. The van der Waals surface area contributed by atoms with Gasteiger partial charge in [-0.2, -0.15) is 0 Å². The number of H-pyrrole nitrogens is 1. The summed E-state index contributed by atoms with van der Waals surface area (Å²) < 4.78 is 0. The van der Waals surface area contributed by atoms with Gasteiger partial charge in [0.15, 0.2) is 0 Å². The number of pyridine rings is 1. The van der Waals surface area contributed by atoms with Gasteiger partial charge in [0, 0.05) is 12.1 Å². The highest BCUT2D eigenvalue weighted by Crippen LogP contribution is 2.06. The van der Waals surface area contributed by atoms with Crippen molar-refractivity contribution in [2.75, 3.05) is 0 Å².